The fourth-order valence-corrected chi connectivity index (χ4v) is 3.68. The first kappa shape index (κ1) is 12.8. The SMILES string of the molecule is COC1CCCC(N2CCCc3c(N)cccc32)C1. The molecule has 2 aliphatic rings. The number of hydrogen-bond acceptors (Lipinski definition) is 3. The second kappa shape index (κ2) is 5.41. The van der Waals surface area contributed by atoms with Crippen LogP contribution in [0.2, 0.25) is 0 Å². The number of methoxy groups -OCH3 is 1. The topological polar surface area (TPSA) is 38.5 Å². The van der Waals surface area contributed by atoms with Crippen LogP contribution in [0, 0.1) is 0 Å². The van der Waals surface area contributed by atoms with Crippen molar-refractivity contribution in [2.24, 2.45) is 0 Å². The van der Waals surface area contributed by atoms with Crippen LogP contribution < -0.4 is 10.6 Å². The molecule has 1 aromatic rings. The maximum atomic E-state index is 6.14. The Labute approximate surface area is 115 Å². The molecule has 0 bridgehead atoms. The summed E-state index contributed by atoms with van der Waals surface area (Å²) in [7, 11) is 1.84. The van der Waals surface area contributed by atoms with Crippen molar-refractivity contribution in [1.29, 1.82) is 0 Å². The quantitative estimate of drug-likeness (QED) is 0.831. The molecule has 104 valence electrons. The molecule has 3 nitrogen and oxygen atoms in total. The summed E-state index contributed by atoms with van der Waals surface area (Å²) in [5.74, 6) is 0. The van der Waals surface area contributed by atoms with Crippen LogP contribution in [-0.4, -0.2) is 25.8 Å². The fraction of sp³-hybridized carbons (Fsp3) is 0.625. The van der Waals surface area contributed by atoms with E-state index in [9.17, 15) is 0 Å². The van der Waals surface area contributed by atoms with E-state index in [-0.39, 0.29) is 0 Å². The van der Waals surface area contributed by atoms with E-state index in [2.05, 4.69) is 17.0 Å². The van der Waals surface area contributed by atoms with Gasteiger partial charge in [0, 0.05) is 31.1 Å². The predicted octanol–water partition coefficient (Wildman–Crippen LogP) is 2.98. The van der Waals surface area contributed by atoms with Crippen molar-refractivity contribution in [3.8, 4) is 0 Å². The second-order valence-electron chi connectivity index (χ2n) is 5.82. The van der Waals surface area contributed by atoms with Gasteiger partial charge in [-0.3, -0.25) is 0 Å². The standard InChI is InChI=1S/C16H24N2O/c1-19-13-6-2-5-12(11-13)18-10-4-7-14-15(17)8-3-9-16(14)18/h3,8-9,12-13H,2,4-7,10-11,17H2,1H3. The lowest BCUT2D eigenvalue weighted by molar-refractivity contribution is 0.0629. The van der Waals surface area contributed by atoms with E-state index in [1.54, 1.807) is 0 Å². The normalized spacial score (nSPS) is 27.1. The van der Waals surface area contributed by atoms with Gasteiger partial charge in [-0.1, -0.05) is 6.07 Å². The molecule has 2 atom stereocenters. The monoisotopic (exact) mass is 260 g/mol. The molecule has 1 fully saturated rings. The summed E-state index contributed by atoms with van der Waals surface area (Å²) in [6.07, 6.45) is 7.71. The van der Waals surface area contributed by atoms with Crippen molar-refractivity contribution >= 4 is 11.4 Å². The van der Waals surface area contributed by atoms with Crippen LogP contribution in [-0.2, 0) is 11.2 Å². The fourth-order valence-electron chi connectivity index (χ4n) is 3.68. The Morgan fingerprint density at radius 2 is 2.16 bits per heavy atom. The maximum absolute atomic E-state index is 6.14. The molecule has 2 N–H and O–H groups in total. The van der Waals surface area contributed by atoms with Gasteiger partial charge in [-0.05, 0) is 56.2 Å². The van der Waals surface area contributed by atoms with Crippen LogP contribution in [0.15, 0.2) is 18.2 Å². The zero-order chi connectivity index (χ0) is 13.2. The third kappa shape index (κ3) is 2.44. The van der Waals surface area contributed by atoms with Crippen molar-refractivity contribution in [2.45, 2.75) is 50.7 Å². The molecule has 3 rings (SSSR count). The molecule has 0 aromatic heterocycles. The Balaban J connectivity index is 1.85. The number of benzene rings is 1. The van der Waals surface area contributed by atoms with Crippen molar-refractivity contribution < 1.29 is 4.74 Å². The molecule has 1 aromatic carbocycles. The Bertz CT molecular complexity index is 446. The largest absolute Gasteiger partial charge is 0.398 e. The highest BCUT2D eigenvalue weighted by Gasteiger charge is 2.29. The van der Waals surface area contributed by atoms with E-state index in [0.29, 0.717) is 12.1 Å². The smallest absolute Gasteiger partial charge is 0.0591 e. The van der Waals surface area contributed by atoms with E-state index in [4.69, 9.17) is 10.5 Å². The highest BCUT2D eigenvalue weighted by atomic mass is 16.5. The Hall–Kier alpha value is -1.22. The number of nitrogen functional groups attached to an aromatic ring is 1. The number of rotatable bonds is 2. The van der Waals surface area contributed by atoms with Crippen molar-refractivity contribution in [3.05, 3.63) is 23.8 Å². The van der Waals surface area contributed by atoms with Crippen molar-refractivity contribution in [3.63, 3.8) is 0 Å². The lowest BCUT2D eigenvalue weighted by Gasteiger charge is -2.41. The van der Waals surface area contributed by atoms with Crippen LogP contribution >= 0.6 is 0 Å². The number of nitrogens with zero attached hydrogens (tertiary/aromatic N) is 1. The highest BCUT2D eigenvalue weighted by Crippen LogP contribution is 2.36. The van der Waals surface area contributed by atoms with Gasteiger partial charge in [0.2, 0.25) is 0 Å². The summed E-state index contributed by atoms with van der Waals surface area (Å²) < 4.78 is 5.57. The van der Waals surface area contributed by atoms with Gasteiger partial charge < -0.3 is 15.4 Å². The van der Waals surface area contributed by atoms with Gasteiger partial charge in [-0.2, -0.15) is 0 Å². The lowest BCUT2D eigenvalue weighted by atomic mass is 9.89. The first-order valence-electron chi connectivity index (χ1n) is 7.46. The second-order valence-corrected chi connectivity index (χ2v) is 5.82. The van der Waals surface area contributed by atoms with E-state index in [1.165, 1.54) is 36.9 Å². The average molecular weight is 260 g/mol. The number of hydrogen-bond donors (Lipinski definition) is 1. The molecular formula is C16H24N2O. The first-order chi connectivity index (χ1) is 9.29. The van der Waals surface area contributed by atoms with Gasteiger partial charge in [-0.25, -0.2) is 0 Å². The lowest BCUT2D eigenvalue weighted by Crippen LogP contribution is -2.43. The first-order valence-corrected chi connectivity index (χ1v) is 7.46. The summed E-state index contributed by atoms with van der Waals surface area (Å²) in [6.45, 7) is 1.16. The Morgan fingerprint density at radius 3 is 3.00 bits per heavy atom. The van der Waals surface area contributed by atoms with E-state index in [0.717, 1.165) is 25.1 Å². The molecule has 1 aliphatic carbocycles. The Morgan fingerprint density at radius 1 is 1.26 bits per heavy atom. The summed E-state index contributed by atoms with van der Waals surface area (Å²) >= 11 is 0. The van der Waals surface area contributed by atoms with Gasteiger partial charge in [0.1, 0.15) is 0 Å². The van der Waals surface area contributed by atoms with E-state index >= 15 is 0 Å². The number of fused-ring (bicyclic) bond motifs is 1. The van der Waals surface area contributed by atoms with Gasteiger partial charge >= 0.3 is 0 Å². The van der Waals surface area contributed by atoms with Gasteiger partial charge in [0.25, 0.3) is 0 Å². The molecule has 1 saturated carbocycles. The predicted molar refractivity (Wildman–Crippen MR) is 79.6 cm³/mol. The van der Waals surface area contributed by atoms with Crippen molar-refractivity contribution in [2.75, 3.05) is 24.3 Å². The van der Waals surface area contributed by atoms with Crippen molar-refractivity contribution in [1.82, 2.24) is 0 Å². The van der Waals surface area contributed by atoms with Crippen LogP contribution in [0.3, 0.4) is 0 Å². The third-order valence-electron chi connectivity index (χ3n) is 4.70. The summed E-state index contributed by atoms with van der Waals surface area (Å²) in [5, 5.41) is 0. The Kier molecular flexibility index (Phi) is 3.65. The maximum Gasteiger partial charge on any atom is 0.0591 e. The third-order valence-corrected chi connectivity index (χ3v) is 4.70. The zero-order valence-corrected chi connectivity index (χ0v) is 11.8. The average Bonchev–Trinajstić information content (AvgIpc) is 2.47. The molecule has 1 aliphatic heterocycles. The molecule has 0 amide bonds. The molecule has 1 heterocycles. The molecule has 19 heavy (non-hydrogen) atoms. The molecule has 0 radical (unpaired) electrons. The minimum absolute atomic E-state index is 0.435. The molecule has 0 saturated heterocycles. The molecule has 2 unspecified atom stereocenters. The number of anilines is 2. The molecule has 0 spiro atoms. The summed E-state index contributed by atoms with van der Waals surface area (Å²) in [4.78, 5) is 2.58. The van der Waals surface area contributed by atoms with Crippen LogP contribution in [0.25, 0.3) is 0 Å². The van der Waals surface area contributed by atoms with E-state index < -0.39 is 0 Å². The molecule has 3 heteroatoms. The zero-order valence-electron chi connectivity index (χ0n) is 11.8. The summed E-state index contributed by atoms with van der Waals surface area (Å²) in [6, 6.07) is 6.98. The van der Waals surface area contributed by atoms with E-state index in [1.807, 2.05) is 13.2 Å². The minimum Gasteiger partial charge on any atom is -0.398 e. The summed E-state index contributed by atoms with van der Waals surface area (Å²) in [5.41, 5.74) is 9.82. The minimum atomic E-state index is 0.435. The highest BCUT2D eigenvalue weighted by molar-refractivity contribution is 5.66. The van der Waals surface area contributed by atoms with Gasteiger partial charge in [0.05, 0.1) is 6.10 Å². The van der Waals surface area contributed by atoms with Gasteiger partial charge in [0.15, 0.2) is 0 Å². The van der Waals surface area contributed by atoms with Crippen LogP contribution in [0.5, 0.6) is 0 Å². The number of nitrogens with two attached hydrogens (primary N) is 1. The molecular weight excluding hydrogens is 236 g/mol. The van der Waals surface area contributed by atoms with Gasteiger partial charge in [-0.15, -0.1) is 0 Å². The van der Waals surface area contributed by atoms with Crippen LogP contribution in [0.1, 0.15) is 37.7 Å². The van der Waals surface area contributed by atoms with Crippen LogP contribution in [0.4, 0.5) is 11.4 Å². The number of ether oxygens (including phenoxy) is 1.